The second kappa shape index (κ2) is 5.30. The molecule has 8 heteroatoms. The van der Waals surface area contributed by atoms with E-state index in [9.17, 15) is 8.42 Å². The third-order valence-corrected chi connectivity index (χ3v) is 4.94. The molecule has 3 N–H and O–H groups in total. The van der Waals surface area contributed by atoms with E-state index < -0.39 is 10.0 Å². The predicted octanol–water partition coefficient (Wildman–Crippen LogP) is 0.382. The van der Waals surface area contributed by atoms with Gasteiger partial charge in [0.05, 0.1) is 12.2 Å². The lowest BCUT2D eigenvalue weighted by Gasteiger charge is -2.20. The molecular weight excluding hydrogens is 266 g/mol. The van der Waals surface area contributed by atoms with E-state index in [0.29, 0.717) is 6.54 Å². The van der Waals surface area contributed by atoms with Gasteiger partial charge in [-0.3, -0.25) is 5.41 Å². The van der Waals surface area contributed by atoms with Crippen molar-refractivity contribution in [2.75, 3.05) is 6.54 Å². The molecule has 1 heterocycles. The van der Waals surface area contributed by atoms with Crippen LogP contribution in [0.5, 0.6) is 0 Å². The van der Waals surface area contributed by atoms with E-state index in [1.54, 1.807) is 10.8 Å². The molecule has 0 radical (unpaired) electrons. The summed E-state index contributed by atoms with van der Waals surface area (Å²) in [6.07, 6.45) is 5.04. The monoisotopic (exact) mass is 285 g/mol. The van der Waals surface area contributed by atoms with Gasteiger partial charge in [0, 0.05) is 31.7 Å². The summed E-state index contributed by atoms with van der Waals surface area (Å²) in [4.78, 5) is 3.97. The van der Waals surface area contributed by atoms with E-state index in [4.69, 9.17) is 11.1 Å². The van der Waals surface area contributed by atoms with Crippen LogP contribution in [0.4, 0.5) is 0 Å². The van der Waals surface area contributed by atoms with Crippen molar-refractivity contribution < 1.29 is 8.42 Å². The van der Waals surface area contributed by atoms with Gasteiger partial charge in [-0.15, -0.1) is 0 Å². The van der Waals surface area contributed by atoms with E-state index in [-0.39, 0.29) is 29.9 Å². The summed E-state index contributed by atoms with van der Waals surface area (Å²) in [6, 6.07) is 0.0381. The second-order valence-electron chi connectivity index (χ2n) is 4.66. The molecule has 1 aliphatic carbocycles. The van der Waals surface area contributed by atoms with Crippen molar-refractivity contribution in [3.05, 3.63) is 12.5 Å². The molecule has 1 aromatic heterocycles. The first-order valence-corrected chi connectivity index (χ1v) is 7.75. The van der Waals surface area contributed by atoms with Crippen molar-refractivity contribution in [2.24, 2.45) is 5.73 Å². The van der Waals surface area contributed by atoms with E-state index >= 15 is 0 Å². The fourth-order valence-electron chi connectivity index (χ4n) is 1.86. The molecule has 1 aromatic rings. The molecule has 0 spiro atoms. The van der Waals surface area contributed by atoms with Crippen molar-refractivity contribution in [1.29, 1.82) is 5.41 Å². The average Bonchev–Trinajstić information content (AvgIpc) is 3.05. The molecule has 7 nitrogen and oxygen atoms in total. The molecule has 0 aromatic carbocycles. The highest BCUT2D eigenvalue weighted by Gasteiger charge is 2.38. The number of aryl methyl sites for hydroxylation is 1. The molecule has 0 aliphatic heterocycles. The standard InChI is InChI=1S/C11H19N5O2S/c1-2-15-7-11(14-8-15)19(17,18)16(9-3-4-9)6-5-10(12)13/h7-9H,2-6H2,1H3,(H3,12,13). The van der Waals surface area contributed by atoms with Crippen molar-refractivity contribution >= 4 is 15.9 Å². The molecule has 0 atom stereocenters. The lowest BCUT2D eigenvalue weighted by atomic mass is 10.4. The summed E-state index contributed by atoms with van der Waals surface area (Å²) in [7, 11) is -3.57. The molecule has 2 rings (SSSR count). The Balaban J connectivity index is 2.21. The van der Waals surface area contributed by atoms with Crippen LogP contribution in [0.3, 0.4) is 0 Å². The number of nitrogens with zero attached hydrogens (tertiary/aromatic N) is 3. The molecule has 0 amide bonds. The first kappa shape index (κ1) is 14.0. The van der Waals surface area contributed by atoms with E-state index in [0.717, 1.165) is 12.8 Å². The Morgan fingerprint density at radius 2 is 2.32 bits per heavy atom. The van der Waals surface area contributed by atoms with Gasteiger partial charge in [-0.2, -0.15) is 4.31 Å². The average molecular weight is 285 g/mol. The van der Waals surface area contributed by atoms with Gasteiger partial charge >= 0.3 is 0 Å². The minimum Gasteiger partial charge on any atom is -0.388 e. The normalized spacial score (nSPS) is 15.9. The first-order valence-electron chi connectivity index (χ1n) is 6.31. The van der Waals surface area contributed by atoms with E-state index in [1.807, 2.05) is 6.92 Å². The zero-order valence-corrected chi connectivity index (χ0v) is 11.7. The van der Waals surface area contributed by atoms with Crippen molar-refractivity contribution in [3.8, 4) is 0 Å². The molecule has 19 heavy (non-hydrogen) atoms. The predicted molar refractivity (Wildman–Crippen MR) is 71.3 cm³/mol. The molecule has 1 aliphatic rings. The van der Waals surface area contributed by atoms with E-state index in [2.05, 4.69) is 4.98 Å². The van der Waals surface area contributed by atoms with Crippen LogP contribution in [-0.4, -0.2) is 40.7 Å². The summed E-state index contributed by atoms with van der Waals surface area (Å²) >= 11 is 0. The molecule has 0 unspecified atom stereocenters. The number of amidine groups is 1. The fourth-order valence-corrected chi connectivity index (χ4v) is 3.48. The Hall–Kier alpha value is -1.41. The number of nitrogens with two attached hydrogens (primary N) is 1. The molecular formula is C11H19N5O2S. The van der Waals surface area contributed by atoms with Crippen molar-refractivity contribution in [1.82, 2.24) is 13.9 Å². The van der Waals surface area contributed by atoms with Gasteiger partial charge in [0.25, 0.3) is 10.0 Å². The summed E-state index contributed by atoms with van der Waals surface area (Å²) in [5, 5.41) is 7.30. The largest absolute Gasteiger partial charge is 0.388 e. The maximum Gasteiger partial charge on any atom is 0.262 e. The van der Waals surface area contributed by atoms with Crippen LogP contribution < -0.4 is 5.73 Å². The highest BCUT2D eigenvalue weighted by atomic mass is 32.2. The minimum absolute atomic E-state index is 0.0000578. The SMILES string of the molecule is CCn1cnc(S(=O)(=O)N(CCC(=N)N)C2CC2)c1. The Labute approximate surface area is 113 Å². The van der Waals surface area contributed by atoms with Gasteiger partial charge < -0.3 is 10.3 Å². The number of sulfonamides is 1. The second-order valence-corrected chi connectivity index (χ2v) is 6.50. The maximum absolute atomic E-state index is 12.5. The number of rotatable bonds is 7. The van der Waals surface area contributed by atoms with Gasteiger partial charge in [-0.25, -0.2) is 13.4 Å². The summed E-state index contributed by atoms with van der Waals surface area (Å²) in [5.41, 5.74) is 5.31. The van der Waals surface area contributed by atoms with Crippen LogP contribution in [0.15, 0.2) is 17.6 Å². The minimum atomic E-state index is -3.57. The number of hydrogen-bond acceptors (Lipinski definition) is 4. The van der Waals surface area contributed by atoms with Crippen LogP contribution in [0.1, 0.15) is 26.2 Å². The van der Waals surface area contributed by atoms with E-state index in [1.165, 1.54) is 10.6 Å². The fraction of sp³-hybridized carbons (Fsp3) is 0.636. The van der Waals surface area contributed by atoms with Crippen LogP contribution in [0.2, 0.25) is 0 Å². The van der Waals surface area contributed by atoms with Gasteiger partial charge in [0.1, 0.15) is 0 Å². The molecule has 106 valence electrons. The Morgan fingerprint density at radius 3 is 2.79 bits per heavy atom. The number of nitrogens with one attached hydrogen (secondary N) is 1. The van der Waals surface area contributed by atoms with Crippen molar-refractivity contribution in [3.63, 3.8) is 0 Å². The van der Waals surface area contributed by atoms with Crippen LogP contribution in [-0.2, 0) is 16.6 Å². The van der Waals surface area contributed by atoms with Crippen LogP contribution in [0, 0.1) is 5.41 Å². The summed E-state index contributed by atoms with van der Waals surface area (Å²) in [5.74, 6) is -0.0000578. The van der Waals surface area contributed by atoms with Crippen molar-refractivity contribution in [2.45, 2.75) is 43.8 Å². The van der Waals surface area contributed by atoms with Gasteiger partial charge in [0.2, 0.25) is 0 Å². The third kappa shape index (κ3) is 3.13. The highest BCUT2D eigenvalue weighted by Crippen LogP contribution is 2.31. The molecule has 0 bridgehead atoms. The number of aromatic nitrogens is 2. The van der Waals surface area contributed by atoms with Crippen LogP contribution in [0.25, 0.3) is 0 Å². The topological polar surface area (TPSA) is 105 Å². The highest BCUT2D eigenvalue weighted by molar-refractivity contribution is 7.89. The maximum atomic E-state index is 12.5. The summed E-state index contributed by atoms with van der Waals surface area (Å²) < 4.78 is 28.1. The number of hydrogen-bond donors (Lipinski definition) is 2. The number of imidazole rings is 1. The van der Waals surface area contributed by atoms with Gasteiger partial charge in [-0.05, 0) is 19.8 Å². The molecule has 0 saturated heterocycles. The lowest BCUT2D eigenvalue weighted by molar-refractivity contribution is 0.410. The Morgan fingerprint density at radius 1 is 1.63 bits per heavy atom. The van der Waals surface area contributed by atoms with Crippen LogP contribution >= 0.6 is 0 Å². The summed E-state index contributed by atoms with van der Waals surface area (Å²) in [6.45, 7) is 2.85. The lowest BCUT2D eigenvalue weighted by Crippen LogP contribution is -2.36. The van der Waals surface area contributed by atoms with Gasteiger partial charge in [-0.1, -0.05) is 0 Å². The Bertz CT molecular complexity index is 561. The Kier molecular flexibility index (Phi) is 3.91. The zero-order chi connectivity index (χ0) is 14.0. The zero-order valence-electron chi connectivity index (χ0n) is 10.9. The smallest absolute Gasteiger partial charge is 0.262 e. The third-order valence-electron chi connectivity index (χ3n) is 3.10. The molecule has 1 fully saturated rings. The van der Waals surface area contributed by atoms with Gasteiger partial charge in [0.15, 0.2) is 5.03 Å². The molecule has 1 saturated carbocycles. The first-order chi connectivity index (χ1) is 8.95. The quantitative estimate of drug-likeness (QED) is 0.558.